The zero-order valence-electron chi connectivity index (χ0n) is 9.52. The molecule has 0 radical (unpaired) electrons. The average molecular weight is 281 g/mol. The van der Waals surface area contributed by atoms with E-state index < -0.39 is 22.7 Å². The van der Waals surface area contributed by atoms with Crippen LogP contribution in [0, 0.1) is 17.3 Å². The van der Waals surface area contributed by atoms with Crippen molar-refractivity contribution in [1.82, 2.24) is 0 Å². The molecule has 1 saturated carbocycles. The van der Waals surface area contributed by atoms with Crippen LogP contribution in [0.5, 0.6) is 0 Å². The molecule has 6 heteroatoms. The van der Waals surface area contributed by atoms with Crippen molar-refractivity contribution in [3.05, 3.63) is 12.2 Å². The van der Waals surface area contributed by atoms with E-state index in [2.05, 4.69) is 0 Å². The molecule has 0 aliphatic heterocycles. The summed E-state index contributed by atoms with van der Waals surface area (Å²) in [6.07, 6.45) is 2.80. The molecule has 0 amide bonds. The van der Waals surface area contributed by atoms with E-state index in [1.54, 1.807) is 6.08 Å². The normalized spacial score (nSPS) is 26.2. The van der Waals surface area contributed by atoms with Crippen molar-refractivity contribution in [2.45, 2.75) is 18.7 Å². The lowest BCUT2D eigenvalue weighted by atomic mass is 10.1. The van der Waals surface area contributed by atoms with Crippen molar-refractivity contribution in [2.24, 2.45) is 17.3 Å². The quantitative estimate of drug-likeness (QED) is 0.477. The van der Waals surface area contributed by atoms with Crippen molar-refractivity contribution in [2.75, 3.05) is 6.61 Å². The molecule has 0 spiro atoms. The minimum atomic E-state index is -0.848. The number of ether oxygens (including phenoxy) is 1. The maximum absolute atomic E-state index is 11.2. The van der Waals surface area contributed by atoms with Crippen LogP contribution in [0.15, 0.2) is 12.2 Å². The molecule has 1 aliphatic rings. The first-order chi connectivity index (χ1) is 7.76. The van der Waals surface area contributed by atoms with Crippen molar-refractivity contribution >= 4 is 35.1 Å². The zero-order valence-corrected chi connectivity index (χ0v) is 11.0. The first-order valence-electron chi connectivity index (χ1n) is 5.12. The number of hydrogen-bond donors (Lipinski definition) is 1. The summed E-state index contributed by atoms with van der Waals surface area (Å²) < 4.78 is 4.71. The molecule has 1 fully saturated rings. The third-order valence-corrected chi connectivity index (χ3v) is 3.22. The highest BCUT2D eigenvalue weighted by molar-refractivity contribution is 6.44. The van der Waals surface area contributed by atoms with Crippen LogP contribution in [0.1, 0.15) is 13.8 Å². The number of esters is 1. The number of alkyl halides is 2. The fourth-order valence-corrected chi connectivity index (χ4v) is 2.01. The highest BCUT2D eigenvalue weighted by Crippen LogP contribution is 2.58. The van der Waals surface area contributed by atoms with Crippen LogP contribution in [0.3, 0.4) is 0 Å². The first kappa shape index (κ1) is 14.3. The predicted molar refractivity (Wildman–Crippen MR) is 64.0 cm³/mol. The predicted octanol–water partition coefficient (Wildman–Crippen LogP) is 2.25. The summed E-state index contributed by atoms with van der Waals surface area (Å²) in [5.74, 6) is -2.00. The highest BCUT2D eigenvalue weighted by Gasteiger charge is 2.60. The minimum Gasteiger partial charge on any atom is -0.481 e. The largest absolute Gasteiger partial charge is 0.481 e. The molecule has 0 bridgehead atoms. The van der Waals surface area contributed by atoms with Gasteiger partial charge in [-0.3, -0.25) is 4.79 Å². The van der Waals surface area contributed by atoms with E-state index in [4.69, 9.17) is 33.0 Å². The van der Waals surface area contributed by atoms with E-state index in [1.807, 2.05) is 13.8 Å². The number of aliphatic carboxylic acids is 1. The number of allylic oxidation sites excluding steroid dienone is 1. The molecule has 1 rings (SSSR count). The average Bonchev–Trinajstić information content (AvgIpc) is 2.74. The van der Waals surface area contributed by atoms with Gasteiger partial charge in [0.25, 0.3) is 0 Å². The van der Waals surface area contributed by atoms with Gasteiger partial charge < -0.3 is 9.84 Å². The van der Waals surface area contributed by atoms with Crippen LogP contribution in [0.2, 0.25) is 0 Å². The van der Waals surface area contributed by atoms with E-state index in [0.717, 1.165) is 0 Å². The highest BCUT2D eigenvalue weighted by atomic mass is 35.5. The van der Waals surface area contributed by atoms with Crippen molar-refractivity contribution in [3.8, 4) is 0 Å². The second-order valence-corrected chi connectivity index (χ2v) is 5.82. The Bertz CT molecular complexity index is 349. The van der Waals surface area contributed by atoms with Crippen molar-refractivity contribution in [3.63, 3.8) is 0 Å². The molecule has 17 heavy (non-hydrogen) atoms. The van der Waals surface area contributed by atoms with Gasteiger partial charge in [0.05, 0.1) is 5.92 Å². The molecule has 0 aromatic rings. The summed E-state index contributed by atoms with van der Waals surface area (Å²) in [4.78, 5) is 21.3. The maximum atomic E-state index is 11.2. The van der Waals surface area contributed by atoms with E-state index in [1.165, 1.54) is 6.08 Å². The van der Waals surface area contributed by atoms with E-state index in [9.17, 15) is 9.59 Å². The fraction of sp³-hybridized carbons (Fsp3) is 0.636. The molecule has 2 atom stereocenters. The molecular weight excluding hydrogens is 267 g/mol. The SMILES string of the molecule is CC1(C)C(/C=C\C(=O)OCC(Cl)Cl)C1C(=O)O. The topological polar surface area (TPSA) is 63.6 Å². The van der Waals surface area contributed by atoms with E-state index in [-0.39, 0.29) is 17.9 Å². The smallest absolute Gasteiger partial charge is 0.330 e. The molecule has 1 aliphatic carbocycles. The third-order valence-electron chi connectivity index (χ3n) is 2.97. The molecule has 0 aromatic heterocycles. The Morgan fingerprint density at radius 2 is 2.06 bits per heavy atom. The summed E-state index contributed by atoms with van der Waals surface area (Å²) in [5.41, 5.74) is -0.315. The van der Waals surface area contributed by atoms with Gasteiger partial charge in [0.2, 0.25) is 0 Å². The lowest BCUT2D eigenvalue weighted by molar-refractivity contribution is -0.140. The minimum absolute atomic E-state index is 0.0807. The van der Waals surface area contributed by atoms with Gasteiger partial charge in [-0.2, -0.15) is 0 Å². The Morgan fingerprint density at radius 3 is 2.47 bits per heavy atom. The number of carboxylic acids is 1. The number of rotatable bonds is 5. The molecule has 0 aromatic carbocycles. The Kier molecular flexibility index (Phi) is 4.44. The molecule has 0 saturated heterocycles. The molecular formula is C11H14Cl2O4. The summed E-state index contributed by atoms with van der Waals surface area (Å²) in [5, 5.41) is 8.92. The summed E-state index contributed by atoms with van der Waals surface area (Å²) in [7, 11) is 0. The van der Waals surface area contributed by atoms with Gasteiger partial charge in [-0.25, -0.2) is 4.79 Å². The Labute approximate surface area is 110 Å². The Balaban J connectivity index is 2.45. The monoisotopic (exact) mass is 280 g/mol. The maximum Gasteiger partial charge on any atom is 0.330 e. The number of carbonyl (C=O) groups is 2. The van der Waals surface area contributed by atoms with Crippen LogP contribution in [-0.2, 0) is 14.3 Å². The Hall–Kier alpha value is -0.740. The van der Waals surface area contributed by atoms with E-state index >= 15 is 0 Å². The van der Waals surface area contributed by atoms with Gasteiger partial charge >= 0.3 is 11.9 Å². The van der Waals surface area contributed by atoms with Crippen molar-refractivity contribution < 1.29 is 19.4 Å². The second-order valence-electron chi connectivity index (χ2n) is 4.54. The standard InChI is InChI=1S/C11H14Cl2O4/c1-11(2)6(9(11)10(15)16)3-4-8(14)17-5-7(12)13/h3-4,6-7,9H,5H2,1-2H3,(H,15,16)/b4-3-. The number of halogens is 2. The third kappa shape index (κ3) is 3.61. The van der Waals surface area contributed by atoms with Crippen LogP contribution in [-0.4, -0.2) is 28.5 Å². The second kappa shape index (κ2) is 5.27. The molecule has 1 N–H and O–H groups in total. The van der Waals surface area contributed by atoms with Gasteiger partial charge in [0, 0.05) is 6.08 Å². The summed E-state index contributed by atoms with van der Waals surface area (Å²) >= 11 is 10.8. The van der Waals surface area contributed by atoms with Gasteiger partial charge in [0.1, 0.15) is 11.4 Å². The molecule has 4 nitrogen and oxygen atoms in total. The van der Waals surface area contributed by atoms with Gasteiger partial charge in [0.15, 0.2) is 0 Å². The lowest BCUT2D eigenvalue weighted by Gasteiger charge is -2.01. The van der Waals surface area contributed by atoms with E-state index in [0.29, 0.717) is 0 Å². The lowest BCUT2D eigenvalue weighted by Crippen LogP contribution is -2.07. The molecule has 96 valence electrons. The van der Waals surface area contributed by atoms with Crippen LogP contribution < -0.4 is 0 Å². The molecule has 0 heterocycles. The number of carboxylic acid groups (broad SMARTS) is 1. The molecule has 2 unspecified atom stereocenters. The Morgan fingerprint density at radius 1 is 1.47 bits per heavy atom. The van der Waals surface area contributed by atoms with Crippen LogP contribution in [0.4, 0.5) is 0 Å². The number of hydrogen-bond acceptors (Lipinski definition) is 3. The van der Waals surface area contributed by atoms with Gasteiger partial charge in [-0.05, 0) is 11.3 Å². The van der Waals surface area contributed by atoms with Gasteiger partial charge in [-0.1, -0.05) is 19.9 Å². The zero-order chi connectivity index (χ0) is 13.2. The van der Waals surface area contributed by atoms with Crippen LogP contribution in [0.25, 0.3) is 0 Å². The van der Waals surface area contributed by atoms with Crippen LogP contribution >= 0.6 is 23.2 Å². The van der Waals surface area contributed by atoms with Gasteiger partial charge in [-0.15, -0.1) is 23.2 Å². The number of carbonyl (C=O) groups excluding carboxylic acids is 1. The van der Waals surface area contributed by atoms with Crippen molar-refractivity contribution in [1.29, 1.82) is 0 Å². The first-order valence-corrected chi connectivity index (χ1v) is 6.00. The summed E-state index contributed by atoms with van der Waals surface area (Å²) in [6.45, 7) is 3.61. The fourth-order valence-electron chi connectivity index (χ4n) is 1.88. The summed E-state index contributed by atoms with van der Waals surface area (Å²) in [6, 6.07) is 0.